The minimum absolute atomic E-state index is 0.0185. The third kappa shape index (κ3) is 3.08. The maximum absolute atomic E-state index is 9.86. The van der Waals surface area contributed by atoms with Gasteiger partial charge in [0.1, 0.15) is 0 Å². The van der Waals surface area contributed by atoms with Crippen molar-refractivity contribution in [3.8, 4) is 0 Å². The smallest absolute Gasteiger partial charge is 0.0687 e. The van der Waals surface area contributed by atoms with Gasteiger partial charge in [0.05, 0.1) is 17.8 Å². The molecule has 2 unspecified atom stereocenters. The molecule has 2 nitrogen and oxygen atoms in total. The van der Waals surface area contributed by atoms with Crippen LogP contribution in [0.2, 0.25) is 0 Å². The van der Waals surface area contributed by atoms with Crippen molar-refractivity contribution in [1.29, 1.82) is 0 Å². The van der Waals surface area contributed by atoms with Gasteiger partial charge in [-0.2, -0.15) is 0 Å². The van der Waals surface area contributed by atoms with Gasteiger partial charge < -0.3 is 9.84 Å². The Kier molecular flexibility index (Phi) is 3.95. The van der Waals surface area contributed by atoms with Crippen LogP contribution < -0.4 is 0 Å². The van der Waals surface area contributed by atoms with E-state index in [9.17, 15) is 5.11 Å². The molecule has 104 valence electrons. The molecule has 0 radical (unpaired) electrons. The molecule has 0 bridgehead atoms. The molecule has 2 heteroatoms. The van der Waals surface area contributed by atoms with Crippen LogP contribution in [-0.4, -0.2) is 22.9 Å². The van der Waals surface area contributed by atoms with Crippen molar-refractivity contribution in [3.05, 3.63) is 0 Å². The molecular formula is C16H28O2. The van der Waals surface area contributed by atoms with Crippen molar-refractivity contribution in [2.75, 3.05) is 0 Å². The van der Waals surface area contributed by atoms with Crippen molar-refractivity contribution >= 4 is 0 Å². The first-order valence-corrected chi connectivity index (χ1v) is 8.13. The van der Waals surface area contributed by atoms with Crippen LogP contribution in [0.15, 0.2) is 0 Å². The molecule has 18 heavy (non-hydrogen) atoms. The number of ether oxygens (including phenoxy) is 1. The van der Waals surface area contributed by atoms with Crippen LogP contribution in [0.3, 0.4) is 0 Å². The van der Waals surface area contributed by atoms with Gasteiger partial charge in [0.15, 0.2) is 0 Å². The zero-order valence-electron chi connectivity index (χ0n) is 11.6. The fourth-order valence-corrected chi connectivity index (χ4v) is 3.93. The van der Waals surface area contributed by atoms with E-state index in [4.69, 9.17) is 4.74 Å². The number of aliphatic hydroxyl groups is 1. The molecular weight excluding hydrogens is 224 g/mol. The first-order valence-electron chi connectivity index (χ1n) is 8.13. The Morgan fingerprint density at radius 2 is 1.83 bits per heavy atom. The molecule has 1 N–H and O–H groups in total. The van der Waals surface area contributed by atoms with Crippen LogP contribution in [0.5, 0.6) is 0 Å². The average Bonchev–Trinajstić information content (AvgIpc) is 3.16. The van der Waals surface area contributed by atoms with Crippen LogP contribution >= 0.6 is 0 Å². The number of hydrogen-bond donors (Lipinski definition) is 1. The van der Waals surface area contributed by atoms with E-state index in [0.29, 0.717) is 12.0 Å². The summed E-state index contributed by atoms with van der Waals surface area (Å²) < 4.78 is 6.37. The van der Waals surface area contributed by atoms with Gasteiger partial charge in [0, 0.05) is 0 Å². The lowest BCUT2D eigenvalue weighted by Gasteiger charge is -2.33. The summed E-state index contributed by atoms with van der Waals surface area (Å²) in [5.41, 5.74) is 0.276. The van der Waals surface area contributed by atoms with Crippen molar-refractivity contribution in [1.82, 2.24) is 0 Å². The molecule has 3 rings (SSSR count). The first-order chi connectivity index (χ1) is 8.77. The third-order valence-electron chi connectivity index (χ3n) is 5.30. The van der Waals surface area contributed by atoms with Crippen molar-refractivity contribution in [3.63, 3.8) is 0 Å². The monoisotopic (exact) mass is 252 g/mol. The fraction of sp³-hybridized carbons (Fsp3) is 1.00. The van der Waals surface area contributed by atoms with Gasteiger partial charge in [-0.25, -0.2) is 0 Å². The zero-order chi connectivity index (χ0) is 12.4. The Morgan fingerprint density at radius 1 is 1.06 bits per heavy atom. The number of hydrogen-bond acceptors (Lipinski definition) is 2. The SMILES string of the molecule is OC(CCCC1CCC2(CCCCC2)O1)C1CC1. The molecule has 2 saturated carbocycles. The molecule has 3 fully saturated rings. The Balaban J connectivity index is 1.36. The molecule has 3 aliphatic rings. The number of aliphatic hydroxyl groups excluding tert-OH is 1. The molecule has 1 saturated heterocycles. The van der Waals surface area contributed by atoms with Gasteiger partial charge in [-0.05, 0) is 63.7 Å². The van der Waals surface area contributed by atoms with E-state index in [-0.39, 0.29) is 11.7 Å². The van der Waals surface area contributed by atoms with E-state index >= 15 is 0 Å². The zero-order valence-corrected chi connectivity index (χ0v) is 11.6. The summed E-state index contributed by atoms with van der Waals surface area (Å²) in [6.07, 6.45) is 15.6. The summed E-state index contributed by atoms with van der Waals surface area (Å²) in [4.78, 5) is 0. The summed E-state index contributed by atoms with van der Waals surface area (Å²) >= 11 is 0. The van der Waals surface area contributed by atoms with Crippen LogP contribution in [0, 0.1) is 5.92 Å². The summed E-state index contributed by atoms with van der Waals surface area (Å²) in [6.45, 7) is 0. The van der Waals surface area contributed by atoms with E-state index in [1.807, 2.05) is 0 Å². The predicted molar refractivity (Wildman–Crippen MR) is 72.5 cm³/mol. The summed E-state index contributed by atoms with van der Waals surface area (Å²) in [6, 6.07) is 0. The predicted octanol–water partition coefficient (Wildman–Crippen LogP) is 3.81. The van der Waals surface area contributed by atoms with Crippen molar-refractivity contribution in [2.45, 2.75) is 94.9 Å². The Morgan fingerprint density at radius 3 is 2.56 bits per heavy atom. The van der Waals surface area contributed by atoms with Gasteiger partial charge in [0.25, 0.3) is 0 Å². The molecule has 2 atom stereocenters. The Bertz CT molecular complexity index is 266. The lowest BCUT2D eigenvalue weighted by Crippen LogP contribution is -2.31. The topological polar surface area (TPSA) is 29.5 Å². The lowest BCUT2D eigenvalue weighted by atomic mass is 9.83. The highest BCUT2D eigenvalue weighted by molar-refractivity contribution is 4.91. The Hall–Kier alpha value is -0.0800. The third-order valence-corrected chi connectivity index (χ3v) is 5.30. The second-order valence-corrected chi connectivity index (χ2v) is 6.86. The molecule has 2 aliphatic carbocycles. The molecule has 0 aromatic carbocycles. The van der Waals surface area contributed by atoms with Crippen LogP contribution in [0.4, 0.5) is 0 Å². The first kappa shape index (κ1) is 12.9. The largest absolute Gasteiger partial charge is 0.393 e. The highest BCUT2D eigenvalue weighted by atomic mass is 16.5. The molecule has 1 heterocycles. The van der Waals surface area contributed by atoms with E-state index in [2.05, 4.69) is 0 Å². The second-order valence-electron chi connectivity index (χ2n) is 6.86. The summed E-state index contributed by atoms with van der Waals surface area (Å²) in [7, 11) is 0. The van der Waals surface area contributed by atoms with Gasteiger partial charge in [-0.3, -0.25) is 0 Å². The molecule has 1 spiro atoms. The van der Waals surface area contributed by atoms with Gasteiger partial charge in [-0.15, -0.1) is 0 Å². The van der Waals surface area contributed by atoms with Crippen LogP contribution in [0.25, 0.3) is 0 Å². The normalized spacial score (nSPS) is 32.8. The van der Waals surface area contributed by atoms with E-state index in [0.717, 1.165) is 12.8 Å². The van der Waals surface area contributed by atoms with E-state index in [1.54, 1.807) is 0 Å². The van der Waals surface area contributed by atoms with Gasteiger partial charge >= 0.3 is 0 Å². The molecule has 0 aromatic rings. The fourth-order valence-electron chi connectivity index (χ4n) is 3.93. The number of rotatable bonds is 5. The molecule has 0 aromatic heterocycles. The van der Waals surface area contributed by atoms with Gasteiger partial charge in [-0.1, -0.05) is 19.3 Å². The minimum Gasteiger partial charge on any atom is -0.393 e. The highest BCUT2D eigenvalue weighted by Crippen LogP contribution is 2.43. The summed E-state index contributed by atoms with van der Waals surface area (Å²) in [5.74, 6) is 0.638. The maximum atomic E-state index is 9.86. The minimum atomic E-state index is -0.0185. The molecule has 1 aliphatic heterocycles. The van der Waals surface area contributed by atoms with Crippen LogP contribution in [0.1, 0.15) is 77.0 Å². The van der Waals surface area contributed by atoms with Crippen molar-refractivity contribution < 1.29 is 9.84 Å². The molecule has 0 amide bonds. The van der Waals surface area contributed by atoms with Crippen molar-refractivity contribution in [2.24, 2.45) is 5.92 Å². The quantitative estimate of drug-likeness (QED) is 0.806. The average molecular weight is 252 g/mol. The van der Waals surface area contributed by atoms with E-state index < -0.39 is 0 Å². The van der Waals surface area contributed by atoms with Gasteiger partial charge in [0.2, 0.25) is 0 Å². The Labute approximate surface area is 111 Å². The lowest BCUT2D eigenvalue weighted by molar-refractivity contribution is -0.0666. The maximum Gasteiger partial charge on any atom is 0.0687 e. The highest BCUT2D eigenvalue weighted by Gasteiger charge is 2.40. The van der Waals surface area contributed by atoms with Crippen LogP contribution in [-0.2, 0) is 4.74 Å². The second kappa shape index (κ2) is 5.50. The van der Waals surface area contributed by atoms with E-state index in [1.165, 1.54) is 64.2 Å². The standard InChI is InChI=1S/C16H28O2/c17-15(13-7-8-13)6-4-5-14-9-12-16(18-14)10-2-1-3-11-16/h13-15,17H,1-12H2. The summed E-state index contributed by atoms with van der Waals surface area (Å²) in [5, 5.41) is 9.86.